The van der Waals surface area contributed by atoms with Crippen LogP contribution in [0, 0.1) is 6.92 Å². The molecule has 0 aliphatic rings. The molecule has 0 atom stereocenters. The van der Waals surface area contributed by atoms with Gasteiger partial charge in [0.2, 0.25) is 0 Å². The highest BCUT2D eigenvalue weighted by atomic mass is 16.5. The van der Waals surface area contributed by atoms with Crippen molar-refractivity contribution >= 4 is 17.2 Å². The summed E-state index contributed by atoms with van der Waals surface area (Å²) >= 11 is 0. The van der Waals surface area contributed by atoms with Crippen molar-refractivity contribution in [1.29, 1.82) is 0 Å². The van der Waals surface area contributed by atoms with Crippen LogP contribution in [-0.4, -0.2) is 21.6 Å². The number of aromatic nitrogens is 2. The monoisotopic (exact) mass is 358 g/mol. The predicted molar refractivity (Wildman–Crippen MR) is 104 cm³/mol. The number of ether oxygens (including phenoxy) is 1. The highest BCUT2D eigenvalue weighted by Gasteiger charge is 2.16. The average Bonchev–Trinajstić information content (AvgIpc) is 3.07. The summed E-state index contributed by atoms with van der Waals surface area (Å²) in [5.74, 6) is 1.40. The van der Waals surface area contributed by atoms with Gasteiger partial charge in [-0.05, 0) is 55.0 Å². The molecule has 0 unspecified atom stereocenters. The Bertz CT molecular complexity index is 1130. The Labute approximate surface area is 156 Å². The molecule has 2 aromatic carbocycles. The van der Waals surface area contributed by atoms with Crippen molar-refractivity contribution < 1.29 is 9.84 Å². The molecule has 0 saturated heterocycles. The van der Waals surface area contributed by atoms with Crippen LogP contribution in [-0.2, 0) is 0 Å². The zero-order valence-corrected chi connectivity index (χ0v) is 15.0. The van der Waals surface area contributed by atoms with Gasteiger partial charge in [0.25, 0.3) is 0 Å². The lowest BCUT2D eigenvalue weighted by Crippen LogP contribution is -1.84. The molecule has 4 rings (SSSR count). The highest BCUT2D eigenvalue weighted by Crippen LogP contribution is 2.35. The van der Waals surface area contributed by atoms with Gasteiger partial charge in [-0.15, -0.1) is 10.2 Å². The van der Waals surface area contributed by atoms with Crippen LogP contribution in [0.4, 0.5) is 11.5 Å². The maximum atomic E-state index is 10.2. The van der Waals surface area contributed by atoms with E-state index in [-0.39, 0.29) is 5.75 Å². The van der Waals surface area contributed by atoms with Gasteiger partial charge in [0.15, 0.2) is 17.2 Å². The van der Waals surface area contributed by atoms with Gasteiger partial charge in [-0.25, -0.2) is 4.98 Å². The van der Waals surface area contributed by atoms with Crippen LogP contribution >= 0.6 is 0 Å². The summed E-state index contributed by atoms with van der Waals surface area (Å²) in [7, 11) is 1.62. The summed E-state index contributed by atoms with van der Waals surface area (Å²) in [6.45, 7) is 1.99. The van der Waals surface area contributed by atoms with Crippen LogP contribution in [0.1, 0.15) is 5.56 Å². The van der Waals surface area contributed by atoms with Crippen LogP contribution < -0.4 is 4.74 Å². The van der Waals surface area contributed by atoms with E-state index < -0.39 is 0 Å². The smallest absolute Gasteiger partial charge is 0.187 e. The second-order valence-corrected chi connectivity index (χ2v) is 6.09. The Morgan fingerprint density at radius 1 is 0.963 bits per heavy atom. The van der Waals surface area contributed by atoms with Gasteiger partial charge in [-0.2, -0.15) is 0 Å². The lowest BCUT2D eigenvalue weighted by Gasteiger charge is -2.03. The largest absolute Gasteiger partial charge is 0.504 e. The van der Waals surface area contributed by atoms with E-state index in [1.54, 1.807) is 29.8 Å². The number of pyridine rings is 1. The molecular formula is C21H18N4O2. The molecule has 0 amide bonds. The third-order valence-corrected chi connectivity index (χ3v) is 4.34. The van der Waals surface area contributed by atoms with E-state index in [1.165, 1.54) is 0 Å². The van der Waals surface area contributed by atoms with E-state index in [9.17, 15) is 5.11 Å². The third-order valence-electron chi connectivity index (χ3n) is 4.34. The molecule has 4 aromatic rings. The number of aryl methyl sites for hydroxylation is 1. The molecule has 0 spiro atoms. The van der Waals surface area contributed by atoms with Gasteiger partial charge in [-0.3, -0.25) is 4.40 Å². The van der Waals surface area contributed by atoms with E-state index in [1.807, 2.05) is 55.5 Å². The Kier molecular flexibility index (Phi) is 4.30. The molecule has 0 aliphatic heterocycles. The standard InChI is InChI=1S/C21H18N4O2/c1-14-6-3-4-7-17(14)23-24-21-19(15-9-11-16(27-2)12-10-15)22-20-18(26)8-5-13-25(20)21/h3-13,26H,1-2H3. The molecule has 27 heavy (non-hydrogen) atoms. The maximum Gasteiger partial charge on any atom is 0.187 e. The number of imidazole rings is 1. The summed E-state index contributed by atoms with van der Waals surface area (Å²) in [5.41, 5.74) is 3.74. The minimum Gasteiger partial charge on any atom is -0.504 e. The van der Waals surface area contributed by atoms with Crippen molar-refractivity contribution in [3.05, 3.63) is 72.4 Å². The SMILES string of the molecule is COc1ccc(-c2nc3c(O)cccn3c2N=Nc2ccccc2C)cc1. The summed E-state index contributed by atoms with van der Waals surface area (Å²) < 4.78 is 6.96. The summed E-state index contributed by atoms with van der Waals surface area (Å²) in [6, 6.07) is 18.7. The van der Waals surface area contributed by atoms with Gasteiger partial charge >= 0.3 is 0 Å². The van der Waals surface area contributed by atoms with E-state index in [0.29, 0.717) is 17.2 Å². The molecular weight excluding hydrogens is 340 g/mol. The molecule has 0 saturated carbocycles. The van der Waals surface area contributed by atoms with Gasteiger partial charge in [0.1, 0.15) is 11.4 Å². The fourth-order valence-corrected chi connectivity index (χ4v) is 2.86. The molecule has 6 nitrogen and oxygen atoms in total. The number of nitrogens with zero attached hydrogens (tertiary/aromatic N) is 4. The first-order valence-electron chi connectivity index (χ1n) is 8.49. The lowest BCUT2D eigenvalue weighted by atomic mass is 10.1. The second-order valence-electron chi connectivity index (χ2n) is 6.09. The zero-order valence-electron chi connectivity index (χ0n) is 15.0. The molecule has 0 radical (unpaired) electrons. The molecule has 6 heteroatoms. The number of aromatic hydroxyl groups is 1. The van der Waals surface area contributed by atoms with Crippen molar-refractivity contribution in [2.24, 2.45) is 10.2 Å². The molecule has 0 fully saturated rings. The number of benzene rings is 2. The molecule has 0 bridgehead atoms. The van der Waals surface area contributed by atoms with E-state index in [2.05, 4.69) is 15.2 Å². The Morgan fingerprint density at radius 2 is 1.74 bits per heavy atom. The van der Waals surface area contributed by atoms with Crippen molar-refractivity contribution in [3.63, 3.8) is 0 Å². The van der Waals surface area contributed by atoms with Crippen molar-refractivity contribution in [1.82, 2.24) is 9.38 Å². The Balaban J connectivity index is 1.89. The first kappa shape index (κ1) is 16.8. The van der Waals surface area contributed by atoms with Crippen molar-refractivity contribution in [2.75, 3.05) is 7.11 Å². The first-order valence-corrected chi connectivity index (χ1v) is 8.49. The molecule has 1 N–H and O–H groups in total. The summed E-state index contributed by atoms with van der Waals surface area (Å²) in [4.78, 5) is 4.59. The van der Waals surface area contributed by atoms with Crippen LogP contribution in [0.3, 0.4) is 0 Å². The summed E-state index contributed by atoms with van der Waals surface area (Å²) in [6.07, 6.45) is 1.81. The molecule has 134 valence electrons. The minimum absolute atomic E-state index is 0.0876. The van der Waals surface area contributed by atoms with Crippen molar-refractivity contribution in [3.8, 4) is 22.8 Å². The number of hydrogen-bond donors (Lipinski definition) is 1. The van der Waals surface area contributed by atoms with Gasteiger partial charge in [0, 0.05) is 11.8 Å². The zero-order chi connectivity index (χ0) is 18.8. The highest BCUT2D eigenvalue weighted by molar-refractivity contribution is 5.76. The molecule has 0 aliphatic carbocycles. The third kappa shape index (κ3) is 3.13. The Morgan fingerprint density at radius 3 is 2.48 bits per heavy atom. The van der Waals surface area contributed by atoms with Crippen LogP contribution in [0.25, 0.3) is 16.9 Å². The maximum absolute atomic E-state index is 10.2. The first-order chi connectivity index (χ1) is 13.2. The Hall–Kier alpha value is -3.67. The topological polar surface area (TPSA) is 71.5 Å². The van der Waals surface area contributed by atoms with Gasteiger partial charge in [-0.1, -0.05) is 18.2 Å². The molecule has 2 heterocycles. The number of hydrogen-bond acceptors (Lipinski definition) is 5. The number of rotatable bonds is 4. The number of fused-ring (bicyclic) bond motifs is 1. The fraction of sp³-hybridized carbons (Fsp3) is 0.0952. The number of methoxy groups -OCH3 is 1. The van der Waals surface area contributed by atoms with Gasteiger partial charge in [0.05, 0.1) is 12.8 Å². The van der Waals surface area contributed by atoms with Crippen molar-refractivity contribution in [2.45, 2.75) is 6.92 Å². The predicted octanol–water partition coefficient (Wildman–Crippen LogP) is 5.44. The summed E-state index contributed by atoms with van der Waals surface area (Å²) in [5, 5.41) is 19.1. The molecule has 2 aromatic heterocycles. The van der Waals surface area contributed by atoms with E-state index in [4.69, 9.17) is 4.74 Å². The quantitative estimate of drug-likeness (QED) is 0.494. The van der Waals surface area contributed by atoms with E-state index in [0.717, 1.165) is 22.6 Å². The number of azo groups is 1. The second kappa shape index (κ2) is 6.92. The average molecular weight is 358 g/mol. The minimum atomic E-state index is 0.0876. The van der Waals surface area contributed by atoms with Crippen LogP contribution in [0.2, 0.25) is 0 Å². The van der Waals surface area contributed by atoms with E-state index >= 15 is 0 Å². The van der Waals surface area contributed by atoms with Gasteiger partial charge < -0.3 is 9.84 Å². The lowest BCUT2D eigenvalue weighted by molar-refractivity contribution is 0.415. The normalized spacial score (nSPS) is 11.3. The fourth-order valence-electron chi connectivity index (χ4n) is 2.86. The van der Waals surface area contributed by atoms with Crippen LogP contribution in [0.5, 0.6) is 11.5 Å². The van der Waals surface area contributed by atoms with Crippen LogP contribution in [0.15, 0.2) is 77.1 Å².